The highest BCUT2D eigenvalue weighted by atomic mass is 32.2. The van der Waals surface area contributed by atoms with Gasteiger partial charge in [-0.1, -0.05) is 12.1 Å². The highest BCUT2D eigenvalue weighted by Crippen LogP contribution is 2.11. The van der Waals surface area contributed by atoms with Gasteiger partial charge in [0.15, 0.2) is 15.8 Å². The van der Waals surface area contributed by atoms with Gasteiger partial charge in [0.25, 0.3) is 5.91 Å². The fourth-order valence-corrected chi connectivity index (χ4v) is 4.83. The van der Waals surface area contributed by atoms with Crippen LogP contribution in [0.2, 0.25) is 0 Å². The van der Waals surface area contributed by atoms with Crippen LogP contribution in [0, 0.1) is 0 Å². The molecule has 10 heteroatoms. The van der Waals surface area contributed by atoms with Gasteiger partial charge in [0.05, 0.1) is 18.1 Å². The van der Waals surface area contributed by atoms with Crippen molar-refractivity contribution in [2.75, 3.05) is 38.2 Å². The fraction of sp³-hybridized carbons (Fsp3) is 0.550. The number of hydrogen-bond donors (Lipinski definition) is 4. The summed E-state index contributed by atoms with van der Waals surface area (Å²) >= 11 is 0. The zero-order valence-electron chi connectivity index (χ0n) is 17.5. The minimum absolute atomic E-state index is 0.0212. The molecular formula is C20H31N5O4S. The van der Waals surface area contributed by atoms with Gasteiger partial charge < -0.3 is 21.3 Å². The maximum Gasteiger partial charge on any atom is 0.251 e. The summed E-state index contributed by atoms with van der Waals surface area (Å²) in [5.41, 5.74) is 1.65. The van der Waals surface area contributed by atoms with E-state index in [0.717, 1.165) is 5.56 Å². The van der Waals surface area contributed by atoms with Gasteiger partial charge in [0.2, 0.25) is 5.91 Å². The normalized spacial score (nSPS) is 17.9. The van der Waals surface area contributed by atoms with Crippen LogP contribution < -0.4 is 21.3 Å². The molecule has 0 radical (unpaired) electrons. The van der Waals surface area contributed by atoms with Gasteiger partial charge in [0.1, 0.15) is 0 Å². The van der Waals surface area contributed by atoms with Crippen molar-refractivity contribution < 1.29 is 18.0 Å². The predicted molar refractivity (Wildman–Crippen MR) is 117 cm³/mol. The molecule has 166 valence electrons. The third kappa shape index (κ3) is 8.02. The molecule has 1 aliphatic heterocycles. The van der Waals surface area contributed by atoms with Crippen LogP contribution in [0.3, 0.4) is 0 Å². The van der Waals surface area contributed by atoms with Crippen molar-refractivity contribution in [1.29, 1.82) is 0 Å². The summed E-state index contributed by atoms with van der Waals surface area (Å²) in [6, 6.07) is 7.16. The van der Waals surface area contributed by atoms with Crippen LogP contribution in [0.25, 0.3) is 0 Å². The van der Waals surface area contributed by atoms with Crippen molar-refractivity contribution in [3.05, 3.63) is 35.4 Å². The van der Waals surface area contributed by atoms with Crippen LogP contribution in [0.15, 0.2) is 29.3 Å². The Morgan fingerprint density at radius 1 is 1.23 bits per heavy atom. The van der Waals surface area contributed by atoms with Crippen LogP contribution in [0.4, 0.5) is 0 Å². The summed E-state index contributed by atoms with van der Waals surface area (Å²) in [5, 5.41) is 11.7. The van der Waals surface area contributed by atoms with Gasteiger partial charge in [-0.2, -0.15) is 0 Å². The Balaban J connectivity index is 1.77. The molecule has 0 bridgehead atoms. The highest BCUT2D eigenvalue weighted by molar-refractivity contribution is 7.91. The van der Waals surface area contributed by atoms with E-state index in [2.05, 4.69) is 26.3 Å². The lowest BCUT2D eigenvalue weighted by molar-refractivity contribution is -0.121. The number of hydrogen-bond acceptors (Lipinski definition) is 5. The molecule has 1 saturated heterocycles. The van der Waals surface area contributed by atoms with E-state index in [-0.39, 0.29) is 35.8 Å². The van der Waals surface area contributed by atoms with Crippen molar-refractivity contribution in [3.63, 3.8) is 0 Å². The van der Waals surface area contributed by atoms with E-state index in [4.69, 9.17) is 0 Å². The molecule has 1 aromatic carbocycles. The summed E-state index contributed by atoms with van der Waals surface area (Å²) in [6.07, 6.45) is 1.38. The number of carbonyl (C=O) groups is 2. The third-order valence-corrected chi connectivity index (χ3v) is 6.44. The molecule has 4 N–H and O–H groups in total. The average Bonchev–Trinajstić information content (AvgIpc) is 3.05. The molecule has 1 atom stereocenters. The zero-order valence-corrected chi connectivity index (χ0v) is 18.3. The molecule has 1 unspecified atom stereocenters. The van der Waals surface area contributed by atoms with Gasteiger partial charge in [-0.3, -0.25) is 14.6 Å². The van der Waals surface area contributed by atoms with E-state index in [1.807, 2.05) is 25.1 Å². The first-order valence-electron chi connectivity index (χ1n) is 10.2. The fourth-order valence-electron chi connectivity index (χ4n) is 3.16. The summed E-state index contributed by atoms with van der Waals surface area (Å²) in [7, 11) is -1.41. The number of nitrogens with one attached hydrogen (secondary N) is 4. The first-order valence-corrected chi connectivity index (χ1v) is 12.0. The number of benzene rings is 1. The largest absolute Gasteiger partial charge is 0.357 e. The first-order chi connectivity index (χ1) is 14.3. The standard InChI is InChI=1S/C20H31N5O4S/c1-3-22-20(23-10-7-15-5-4-6-16(13-15)19(27)21-2)24-11-8-18(26)25-17-9-12-30(28,29)14-17/h4-6,13,17H,3,7-12,14H2,1-2H3,(H,21,27)(H,25,26)(H2,22,23,24). The van der Waals surface area contributed by atoms with Gasteiger partial charge in [0, 0.05) is 38.2 Å². The highest BCUT2D eigenvalue weighted by Gasteiger charge is 2.28. The van der Waals surface area contributed by atoms with E-state index in [0.29, 0.717) is 44.0 Å². The van der Waals surface area contributed by atoms with Crippen molar-refractivity contribution in [2.45, 2.75) is 32.2 Å². The van der Waals surface area contributed by atoms with E-state index < -0.39 is 9.84 Å². The number of guanidine groups is 1. The van der Waals surface area contributed by atoms with Gasteiger partial charge >= 0.3 is 0 Å². The molecule has 1 fully saturated rings. The number of carbonyl (C=O) groups excluding carboxylic acids is 2. The molecule has 1 aliphatic rings. The summed E-state index contributed by atoms with van der Waals surface area (Å²) < 4.78 is 22.9. The number of amides is 2. The smallest absolute Gasteiger partial charge is 0.251 e. The first kappa shape index (κ1) is 23.7. The summed E-state index contributed by atoms with van der Waals surface area (Å²) in [6.45, 7) is 3.56. The lowest BCUT2D eigenvalue weighted by Crippen LogP contribution is -2.39. The molecule has 9 nitrogen and oxygen atoms in total. The molecule has 1 aromatic rings. The topological polar surface area (TPSA) is 129 Å². The van der Waals surface area contributed by atoms with Gasteiger partial charge in [-0.25, -0.2) is 8.42 Å². The van der Waals surface area contributed by atoms with E-state index in [1.165, 1.54) is 0 Å². The van der Waals surface area contributed by atoms with Gasteiger partial charge in [-0.15, -0.1) is 0 Å². The molecule has 0 saturated carbocycles. The predicted octanol–water partition coefficient (Wildman–Crippen LogP) is -0.163. The minimum atomic E-state index is -3.01. The summed E-state index contributed by atoms with van der Waals surface area (Å²) in [5.74, 6) is 0.455. The van der Waals surface area contributed by atoms with E-state index >= 15 is 0 Å². The molecule has 30 heavy (non-hydrogen) atoms. The van der Waals surface area contributed by atoms with Crippen molar-refractivity contribution in [3.8, 4) is 0 Å². The Morgan fingerprint density at radius 3 is 2.70 bits per heavy atom. The van der Waals surface area contributed by atoms with E-state index in [9.17, 15) is 18.0 Å². The van der Waals surface area contributed by atoms with E-state index in [1.54, 1.807) is 13.1 Å². The van der Waals surface area contributed by atoms with Crippen molar-refractivity contribution >= 4 is 27.6 Å². The summed E-state index contributed by atoms with van der Waals surface area (Å²) in [4.78, 5) is 28.1. The molecule has 0 aliphatic carbocycles. The molecular weight excluding hydrogens is 406 g/mol. The Morgan fingerprint density at radius 2 is 2.03 bits per heavy atom. The number of nitrogens with zero attached hydrogens (tertiary/aromatic N) is 1. The second-order valence-electron chi connectivity index (χ2n) is 7.13. The lowest BCUT2D eigenvalue weighted by Gasteiger charge is -2.12. The maximum atomic E-state index is 12.0. The van der Waals surface area contributed by atoms with Crippen molar-refractivity contribution in [2.24, 2.45) is 4.99 Å². The van der Waals surface area contributed by atoms with Crippen LogP contribution in [0.5, 0.6) is 0 Å². The molecule has 2 amide bonds. The number of rotatable bonds is 9. The molecule has 1 heterocycles. The third-order valence-electron chi connectivity index (χ3n) is 4.67. The SMILES string of the molecule is CCNC(=NCCC(=O)NC1CCS(=O)(=O)C1)NCCc1cccc(C(=O)NC)c1. The second-order valence-corrected chi connectivity index (χ2v) is 9.36. The second kappa shape index (κ2) is 11.5. The lowest BCUT2D eigenvalue weighted by atomic mass is 10.1. The zero-order chi connectivity index (χ0) is 22.0. The Kier molecular flexibility index (Phi) is 9.10. The maximum absolute atomic E-state index is 12.0. The van der Waals surface area contributed by atoms with Crippen LogP contribution in [0.1, 0.15) is 35.7 Å². The molecule has 2 rings (SSSR count). The van der Waals surface area contributed by atoms with Crippen molar-refractivity contribution in [1.82, 2.24) is 21.3 Å². The number of sulfone groups is 1. The number of aliphatic imine (C=N–C) groups is 1. The Labute approximate surface area is 178 Å². The molecule has 0 aromatic heterocycles. The Bertz CT molecular complexity index is 870. The average molecular weight is 438 g/mol. The Hall–Kier alpha value is -2.62. The monoisotopic (exact) mass is 437 g/mol. The van der Waals surface area contributed by atoms with Crippen LogP contribution >= 0.6 is 0 Å². The minimum Gasteiger partial charge on any atom is -0.357 e. The quantitative estimate of drug-likeness (QED) is 0.314. The van der Waals surface area contributed by atoms with Gasteiger partial charge in [-0.05, 0) is 37.5 Å². The van der Waals surface area contributed by atoms with Crippen LogP contribution in [-0.2, 0) is 21.1 Å². The van der Waals surface area contributed by atoms with Crippen LogP contribution in [-0.4, -0.2) is 70.4 Å². The molecule has 0 spiro atoms.